The number of ether oxygens (including phenoxy) is 2. The summed E-state index contributed by atoms with van der Waals surface area (Å²) in [6, 6.07) is 7.42. The fourth-order valence-electron chi connectivity index (χ4n) is 1.13. The quantitative estimate of drug-likeness (QED) is 0.867. The van der Waals surface area contributed by atoms with Crippen molar-refractivity contribution in [1.82, 2.24) is 10.2 Å². The monoisotopic (exact) mass is 300 g/mol. The maximum Gasteiger partial charge on any atom is 0.300 e. The van der Waals surface area contributed by atoms with Crippen molar-refractivity contribution in [1.29, 1.82) is 0 Å². The summed E-state index contributed by atoms with van der Waals surface area (Å²) < 4.78 is 11.6. The van der Waals surface area contributed by atoms with E-state index in [1.165, 1.54) is 11.3 Å². The average Bonchev–Trinajstić information content (AvgIpc) is 2.65. The molecule has 0 saturated heterocycles. The van der Waals surface area contributed by atoms with Gasteiger partial charge in [0, 0.05) is 6.07 Å². The topological polar surface area (TPSA) is 44.2 Å². The van der Waals surface area contributed by atoms with Crippen LogP contribution in [0.5, 0.6) is 16.7 Å². The minimum atomic E-state index is 0.500. The Morgan fingerprint density at radius 2 is 2.12 bits per heavy atom. The molecule has 0 saturated carbocycles. The van der Waals surface area contributed by atoms with Gasteiger partial charge in [0.1, 0.15) is 11.5 Å². The number of hydrogen-bond acceptors (Lipinski definition) is 5. The molecule has 0 fully saturated rings. The lowest BCUT2D eigenvalue weighted by Crippen LogP contribution is -1.91. The first-order valence-electron chi connectivity index (χ1n) is 4.67. The van der Waals surface area contributed by atoms with Crippen LogP contribution in [0.4, 0.5) is 0 Å². The van der Waals surface area contributed by atoms with Gasteiger partial charge in [-0.2, -0.15) is 0 Å². The van der Waals surface area contributed by atoms with Crippen LogP contribution in [0.15, 0.2) is 28.2 Å². The van der Waals surface area contributed by atoms with E-state index < -0.39 is 0 Å². The van der Waals surface area contributed by atoms with E-state index in [0.717, 1.165) is 5.75 Å². The summed E-state index contributed by atoms with van der Waals surface area (Å²) in [6.07, 6.45) is 0. The summed E-state index contributed by atoms with van der Waals surface area (Å²) in [4.78, 5) is 0. The van der Waals surface area contributed by atoms with Crippen molar-refractivity contribution >= 4 is 27.3 Å². The number of nitrogens with zero attached hydrogens (tertiary/aromatic N) is 2. The summed E-state index contributed by atoms with van der Waals surface area (Å²) in [5.41, 5.74) is 0. The van der Waals surface area contributed by atoms with Crippen molar-refractivity contribution in [3.05, 3.63) is 28.2 Å². The molecule has 0 aliphatic heterocycles. The minimum absolute atomic E-state index is 0.500. The molecule has 0 radical (unpaired) electrons. The Hall–Kier alpha value is -1.14. The first-order chi connectivity index (χ1) is 7.78. The van der Waals surface area contributed by atoms with Crippen LogP contribution in [0.3, 0.4) is 0 Å². The fourth-order valence-corrected chi connectivity index (χ4v) is 2.07. The second-order valence-electron chi connectivity index (χ2n) is 2.83. The van der Waals surface area contributed by atoms with Crippen LogP contribution in [-0.2, 0) is 0 Å². The van der Waals surface area contributed by atoms with Gasteiger partial charge in [0.15, 0.2) is 3.92 Å². The number of benzene rings is 1. The van der Waals surface area contributed by atoms with Crippen molar-refractivity contribution in [3.63, 3.8) is 0 Å². The first-order valence-corrected chi connectivity index (χ1v) is 6.28. The molecule has 4 nitrogen and oxygen atoms in total. The summed E-state index contributed by atoms with van der Waals surface area (Å²) in [7, 11) is 0. The Labute approximate surface area is 105 Å². The Morgan fingerprint density at radius 3 is 2.81 bits per heavy atom. The SMILES string of the molecule is CCOc1cccc(Oc2nnc(Br)s2)c1. The van der Waals surface area contributed by atoms with Crippen LogP contribution in [0.2, 0.25) is 0 Å². The molecule has 0 amide bonds. The highest BCUT2D eigenvalue weighted by atomic mass is 79.9. The number of aromatic nitrogens is 2. The van der Waals surface area contributed by atoms with Crippen LogP contribution >= 0.6 is 27.3 Å². The van der Waals surface area contributed by atoms with Crippen molar-refractivity contribution in [2.75, 3.05) is 6.61 Å². The van der Waals surface area contributed by atoms with Gasteiger partial charge >= 0.3 is 0 Å². The molecule has 0 aliphatic rings. The molecule has 0 bridgehead atoms. The van der Waals surface area contributed by atoms with Crippen molar-refractivity contribution in [2.24, 2.45) is 0 Å². The molecule has 16 heavy (non-hydrogen) atoms. The molecule has 6 heteroatoms. The smallest absolute Gasteiger partial charge is 0.300 e. The van der Waals surface area contributed by atoms with E-state index in [1.54, 1.807) is 0 Å². The largest absolute Gasteiger partial charge is 0.494 e. The van der Waals surface area contributed by atoms with Crippen LogP contribution in [0.25, 0.3) is 0 Å². The summed E-state index contributed by atoms with van der Waals surface area (Å²) in [6.45, 7) is 2.57. The summed E-state index contributed by atoms with van der Waals surface area (Å²) >= 11 is 4.56. The third kappa shape index (κ3) is 2.93. The van der Waals surface area contributed by atoms with E-state index in [9.17, 15) is 0 Å². The van der Waals surface area contributed by atoms with E-state index in [4.69, 9.17) is 9.47 Å². The van der Waals surface area contributed by atoms with E-state index in [1.807, 2.05) is 31.2 Å². The third-order valence-electron chi connectivity index (χ3n) is 1.70. The molecule has 0 unspecified atom stereocenters. The number of hydrogen-bond donors (Lipinski definition) is 0. The van der Waals surface area contributed by atoms with Gasteiger partial charge in [0.05, 0.1) is 6.61 Å². The zero-order valence-corrected chi connectivity index (χ0v) is 10.9. The van der Waals surface area contributed by atoms with E-state index in [2.05, 4.69) is 26.1 Å². The molecular weight excluding hydrogens is 292 g/mol. The molecule has 0 N–H and O–H groups in total. The molecule has 1 aromatic heterocycles. The van der Waals surface area contributed by atoms with Crippen LogP contribution < -0.4 is 9.47 Å². The molecule has 2 rings (SSSR count). The molecule has 1 heterocycles. The lowest BCUT2D eigenvalue weighted by Gasteiger charge is -2.05. The fraction of sp³-hybridized carbons (Fsp3) is 0.200. The lowest BCUT2D eigenvalue weighted by atomic mass is 10.3. The second-order valence-corrected chi connectivity index (χ2v) is 5.05. The highest BCUT2D eigenvalue weighted by Gasteiger charge is 2.04. The Morgan fingerprint density at radius 1 is 1.31 bits per heavy atom. The van der Waals surface area contributed by atoms with Gasteiger partial charge < -0.3 is 9.47 Å². The zero-order chi connectivity index (χ0) is 11.4. The third-order valence-corrected chi connectivity index (χ3v) is 2.94. The summed E-state index contributed by atoms with van der Waals surface area (Å²) in [5, 5.41) is 8.15. The van der Waals surface area contributed by atoms with Gasteiger partial charge in [-0.05, 0) is 46.3 Å². The Bertz CT molecular complexity index is 475. The van der Waals surface area contributed by atoms with E-state index in [0.29, 0.717) is 21.5 Å². The van der Waals surface area contributed by atoms with Gasteiger partial charge in [-0.3, -0.25) is 0 Å². The maximum atomic E-state index is 5.52. The number of rotatable bonds is 4. The van der Waals surface area contributed by atoms with Crippen molar-refractivity contribution in [2.45, 2.75) is 6.92 Å². The molecule has 1 aromatic carbocycles. The van der Waals surface area contributed by atoms with Crippen LogP contribution in [0.1, 0.15) is 6.92 Å². The van der Waals surface area contributed by atoms with Gasteiger partial charge in [-0.15, -0.1) is 5.10 Å². The second kappa shape index (κ2) is 5.27. The van der Waals surface area contributed by atoms with E-state index >= 15 is 0 Å². The van der Waals surface area contributed by atoms with Gasteiger partial charge in [0.25, 0.3) is 5.19 Å². The Balaban J connectivity index is 2.12. The van der Waals surface area contributed by atoms with E-state index in [-0.39, 0.29) is 0 Å². The average molecular weight is 301 g/mol. The van der Waals surface area contributed by atoms with Crippen molar-refractivity contribution in [3.8, 4) is 16.7 Å². The van der Waals surface area contributed by atoms with Gasteiger partial charge in [-0.1, -0.05) is 11.2 Å². The molecule has 0 atom stereocenters. The molecule has 84 valence electrons. The van der Waals surface area contributed by atoms with Gasteiger partial charge in [-0.25, -0.2) is 0 Å². The zero-order valence-electron chi connectivity index (χ0n) is 8.51. The molecule has 0 aliphatic carbocycles. The predicted molar refractivity (Wildman–Crippen MR) is 65.3 cm³/mol. The number of halogens is 1. The van der Waals surface area contributed by atoms with Crippen LogP contribution in [-0.4, -0.2) is 16.8 Å². The molecular formula is C10H9BrN2O2S. The molecule has 0 spiro atoms. The summed E-state index contributed by atoms with van der Waals surface area (Å²) in [5.74, 6) is 1.47. The lowest BCUT2D eigenvalue weighted by molar-refractivity contribution is 0.338. The molecule has 2 aromatic rings. The highest BCUT2D eigenvalue weighted by molar-refractivity contribution is 9.11. The normalized spacial score (nSPS) is 10.1. The van der Waals surface area contributed by atoms with Gasteiger partial charge in [0.2, 0.25) is 0 Å². The van der Waals surface area contributed by atoms with Crippen LogP contribution in [0, 0.1) is 0 Å². The standard InChI is InChI=1S/C10H9BrN2O2S/c1-2-14-7-4-3-5-8(6-7)15-10-13-12-9(11)16-10/h3-6H,2H2,1H3. The first kappa shape index (κ1) is 11.3. The maximum absolute atomic E-state index is 5.52. The minimum Gasteiger partial charge on any atom is -0.494 e. The highest BCUT2D eigenvalue weighted by Crippen LogP contribution is 2.29. The Kier molecular flexibility index (Phi) is 3.74. The predicted octanol–water partition coefficient (Wildman–Crippen LogP) is 3.49. The van der Waals surface area contributed by atoms with Crippen molar-refractivity contribution < 1.29 is 9.47 Å².